The summed E-state index contributed by atoms with van der Waals surface area (Å²) in [5.74, 6) is 1.77. The number of pyridine rings is 1. The molecule has 1 atom stereocenters. The SMILES string of the molecule is COCCN(c1ccc(CO)cn1)C(C)C1CC1. The zero-order valence-corrected chi connectivity index (χ0v) is 11.2. The van der Waals surface area contributed by atoms with Crippen molar-refractivity contribution in [3.8, 4) is 0 Å². The first-order valence-corrected chi connectivity index (χ1v) is 6.57. The highest BCUT2D eigenvalue weighted by molar-refractivity contribution is 5.41. The summed E-state index contributed by atoms with van der Waals surface area (Å²) in [6.45, 7) is 3.87. The molecule has 0 saturated heterocycles. The second kappa shape index (κ2) is 6.16. The number of hydrogen-bond donors (Lipinski definition) is 1. The molecule has 0 radical (unpaired) electrons. The van der Waals surface area contributed by atoms with E-state index >= 15 is 0 Å². The summed E-state index contributed by atoms with van der Waals surface area (Å²) >= 11 is 0. The van der Waals surface area contributed by atoms with E-state index in [1.165, 1.54) is 12.8 Å². The van der Waals surface area contributed by atoms with Crippen molar-refractivity contribution < 1.29 is 9.84 Å². The van der Waals surface area contributed by atoms with Gasteiger partial charge in [-0.3, -0.25) is 0 Å². The molecule has 0 amide bonds. The topological polar surface area (TPSA) is 45.6 Å². The zero-order chi connectivity index (χ0) is 13.0. The molecule has 4 heteroatoms. The van der Waals surface area contributed by atoms with E-state index in [1.807, 2.05) is 12.1 Å². The van der Waals surface area contributed by atoms with Crippen LogP contribution in [0.1, 0.15) is 25.3 Å². The first-order valence-electron chi connectivity index (χ1n) is 6.57. The lowest BCUT2D eigenvalue weighted by atomic mass is 10.1. The molecule has 1 unspecified atom stereocenters. The van der Waals surface area contributed by atoms with Gasteiger partial charge < -0.3 is 14.7 Å². The second-order valence-corrected chi connectivity index (χ2v) is 4.95. The van der Waals surface area contributed by atoms with E-state index < -0.39 is 0 Å². The van der Waals surface area contributed by atoms with Crippen LogP contribution >= 0.6 is 0 Å². The number of aliphatic hydroxyl groups excluding tert-OH is 1. The Hall–Kier alpha value is -1.13. The lowest BCUT2D eigenvalue weighted by Gasteiger charge is -2.30. The van der Waals surface area contributed by atoms with Gasteiger partial charge >= 0.3 is 0 Å². The van der Waals surface area contributed by atoms with Crippen LogP contribution in [0.5, 0.6) is 0 Å². The molecule has 0 bridgehead atoms. The van der Waals surface area contributed by atoms with E-state index in [-0.39, 0.29) is 6.61 Å². The Morgan fingerprint density at radius 1 is 1.50 bits per heavy atom. The minimum Gasteiger partial charge on any atom is -0.392 e. The largest absolute Gasteiger partial charge is 0.392 e. The van der Waals surface area contributed by atoms with Gasteiger partial charge in [0.25, 0.3) is 0 Å². The fourth-order valence-corrected chi connectivity index (χ4v) is 2.23. The normalized spacial score (nSPS) is 16.6. The summed E-state index contributed by atoms with van der Waals surface area (Å²) in [7, 11) is 1.72. The van der Waals surface area contributed by atoms with E-state index in [1.54, 1.807) is 13.3 Å². The fraction of sp³-hybridized carbons (Fsp3) is 0.643. The molecule has 0 aromatic carbocycles. The Kier molecular flexibility index (Phi) is 4.55. The molecule has 1 heterocycles. The number of nitrogens with zero attached hydrogens (tertiary/aromatic N) is 2. The maximum atomic E-state index is 9.04. The van der Waals surface area contributed by atoms with Crippen molar-refractivity contribution in [1.29, 1.82) is 0 Å². The molecule has 2 rings (SSSR count). The third-order valence-corrected chi connectivity index (χ3v) is 3.62. The first kappa shape index (κ1) is 13.3. The molecule has 0 spiro atoms. The molecule has 4 nitrogen and oxygen atoms in total. The summed E-state index contributed by atoms with van der Waals surface area (Å²) in [6.07, 6.45) is 4.38. The quantitative estimate of drug-likeness (QED) is 0.802. The minimum absolute atomic E-state index is 0.0452. The zero-order valence-electron chi connectivity index (χ0n) is 11.2. The monoisotopic (exact) mass is 250 g/mol. The maximum absolute atomic E-state index is 9.04. The molecular formula is C14H22N2O2. The number of anilines is 1. The van der Waals surface area contributed by atoms with Gasteiger partial charge in [0, 0.05) is 25.9 Å². The molecule has 1 fully saturated rings. The average molecular weight is 250 g/mol. The molecule has 0 aliphatic heterocycles. The lowest BCUT2D eigenvalue weighted by Crippen LogP contribution is -2.37. The van der Waals surface area contributed by atoms with E-state index in [2.05, 4.69) is 16.8 Å². The van der Waals surface area contributed by atoms with E-state index in [4.69, 9.17) is 9.84 Å². The summed E-state index contributed by atoms with van der Waals surface area (Å²) in [5.41, 5.74) is 0.851. The number of hydrogen-bond acceptors (Lipinski definition) is 4. The summed E-state index contributed by atoms with van der Waals surface area (Å²) in [5, 5.41) is 9.04. The lowest BCUT2D eigenvalue weighted by molar-refractivity contribution is 0.202. The van der Waals surface area contributed by atoms with Crippen molar-refractivity contribution >= 4 is 5.82 Å². The number of ether oxygens (including phenoxy) is 1. The Morgan fingerprint density at radius 3 is 2.78 bits per heavy atom. The van der Waals surface area contributed by atoms with Gasteiger partial charge in [0.15, 0.2) is 0 Å². The van der Waals surface area contributed by atoms with Gasteiger partial charge in [-0.15, -0.1) is 0 Å². The Labute approximate surface area is 109 Å². The molecule has 1 saturated carbocycles. The van der Waals surface area contributed by atoms with E-state index in [0.29, 0.717) is 12.6 Å². The third-order valence-electron chi connectivity index (χ3n) is 3.62. The fourth-order valence-electron chi connectivity index (χ4n) is 2.23. The molecular weight excluding hydrogens is 228 g/mol. The standard InChI is InChI=1S/C14H22N2O2/c1-11(13-4-5-13)16(7-8-18-2)14-6-3-12(10-17)9-15-14/h3,6,9,11,13,17H,4-5,7-8,10H2,1-2H3. The van der Waals surface area contributed by atoms with Crippen molar-refractivity contribution in [3.05, 3.63) is 23.9 Å². The van der Waals surface area contributed by atoms with Gasteiger partial charge in [0.1, 0.15) is 5.82 Å². The molecule has 1 aliphatic carbocycles. The maximum Gasteiger partial charge on any atom is 0.128 e. The van der Waals surface area contributed by atoms with Crippen LogP contribution in [-0.2, 0) is 11.3 Å². The number of methoxy groups -OCH3 is 1. The Morgan fingerprint density at radius 2 is 2.28 bits per heavy atom. The smallest absolute Gasteiger partial charge is 0.128 e. The van der Waals surface area contributed by atoms with Gasteiger partial charge in [-0.2, -0.15) is 0 Å². The van der Waals surface area contributed by atoms with Crippen LogP contribution in [0.3, 0.4) is 0 Å². The van der Waals surface area contributed by atoms with Crippen LogP contribution in [0.15, 0.2) is 18.3 Å². The number of rotatable bonds is 7. The third kappa shape index (κ3) is 3.21. The molecule has 1 N–H and O–H groups in total. The van der Waals surface area contributed by atoms with Crippen molar-refractivity contribution in [3.63, 3.8) is 0 Å². The van der Waals surface area contributed by atoms with Crippen molar-refractivity contribution in [1.82, 2.24) is 4.98 Å². The van der Waals surface area contributed by atoms with Crippen LogP contribution in [0.25, 0.3) is 0 Å². The molecule has 1 aliphatic rings. The Bertz CT molecular complexity index is 363. The highest BCUT2D eigenvalue weighted by Crippen LogP contribution is 2.36. The van der Waals surface area contributed by atoms with Crippen LogP contribution in [0, 0.1) is 5.92 Å². The highest BCUT2D eigenvalue weighted by Gasteiger charge is 2.32. The van der Waals surface area contributed by atoms with Crippen LogP contribution < -0.4 is 4.90 Å². The number of aromatic nitrogens is 1. The highest BCUT2D eigenvalue weighted by atomic mass is 16.5. The molecule has 1 aromatic heterocycles. The van der Waals surface area contributed by atoms with Crippen LogP contribution in [0.2, 0.25) is 0 Å². The van der Waals surface area contributed by atoms with Gasteiger partial charge in [0.05, 0.1) is 13.2 Å². The minimum atomic E-state index is 0.0452. The molecule has 18 heavy (non-hydrogen) atoms. The Balaban J connectivity index is 2.09. The summed E-state index contributed by atoms with van der Waals surface area (Å²) in [6, 6.07) is 4.43. The van der Waals surface area contributed by atoms with Crippen molar-refractivity contribution in [2.75, 3.05) is 25.2 Å². The van der Waals surface area contributed by atoms with Crippen molar-refractivity contribution in [2.45, 2.75) is 32.4 Å². The summed E-state index contributed by atoms with van der Waals surface area (Å²) in [4.78, 5) is 6.75. The average Bonchev–Trinajstić information content (AvgIpc) is 3.24. The van der Waals surface area contributed by atoms with E-state index in [9.17, 15) is 0 Å². The predicted molar refractivity (Wildman–Crippen MR) is 71.6 cm³/mol. The number of aliphatic hydroxyl groups is 1. The van der Waals surface area contributed by atoms with Crippen LogP contribution in [0.4, 0.5) is 5.82 Å². The second-order valence-electron chi connectivity index (χ2n) is 4.95. The van der Waals surface area contributed by atoms with Crippen molar-refractivity contribution in [2.24, 2.45) is 5.92 Å². The van der Waals surface area contributed by atoms with Gasteiger partial charge in [0.2, 0.25) is 0 Å². The van der Waals surface area contributed by atoms with Crippen LogP contribution in [-0.4, -0.2) is 36.4 Å². The van der Waals surface area contributed by atoms with Gasteiger partial charge in [-0.05, 0) is 37.3 Å². The van der Waals surface area contributed by atoms with Gasteiger partial charge in [-0.25, -0.2) is 4.98 Å². The summed E-state index contributed by atoms with van der Waals surface area (Å²) < 4.78 is 5.18. The molecule has 100 valence electrons. The van der Waals surface area contributed by atoms with Gasteiger partial charge in [-0.1, -0.05) is 6.07 Å². The predicted octanol–water partition coefficient (Wildman–Crippen LogP) is 1.83. The van der Waals surface area contributed by atoms with E-state index in [0.717, 1.165) is 23.8 Å². The first-order chi connectivity index (χ1) is 8.76. The molecule has 1 aromatic rings.